The molecule has 0 amide bonds. The summed E-state index contributed by atoms with van der Waals surface area (Å²) >= 11 is 1.29. The van der Waals surface area contributed by atoms with Gasteiger partial charge in [-0.2, -0.15) is 4.98 Å². The van der Waals surface area contributed by atoms with Gasteiger partial charge in [-0.1, -0.05) is 0 Å². The van der Waals surface area contributed by atoms with Gasteiger partial charge in [0.25, 0.3) is 0 Å². The summed E-state index contributed by atoms with van der Waals surface area (Å²) in [6, 6.07) is 0. The second-order valence-electron chi connectivity index (χ2n) is 7.14. The Labute approximate surface area is 181 Å². The van der Waals surface area contributed by atoms with Crippen molar-refractivity contribution in [3.8, 4) is 5.13 Å². The molecule has 1 saturated heterocycles. The smallest absolute Gasteiger partial charge is 0.341 e. The lowest BCUT2D eigenvalue weighted by atomic mass is 9.93. The summed E-state index contributed by atoms with van der Waals surface area (Å²) in [5.74, 6) is -0.813. The number of aromatic nitrogens is 4. The van der Waals surface area contributed by atoms with Crippen LogP contribution >= 0.6 is 11.3 Å². The fourth-order valence-electron chi connectivity index (χ4n) is 3.43. The summed E-state index contributed by atoms with van der Waals surface area (Å²) in [5.41, 5.74) is -0.741. The molecule has 31 heavy (non-hydrogen) atoms. The first-order chi connectivity index (χ1) is 15.0. The first-order valence-electron chi connectivity index (χ1n) is 9.90. The van der Waals surface area contributed by atoms with Crippen molar-refractivity contribution in [2.24, 2.45) is 5.92 Å². The van der Waals surface area contributed by atoms with Crippen LogP contribution < -0.4 is 10.3 Å². The predicted molar refractivity (Wildman–Crippen MR) is 114 cm³/mol. The zero-order valence-electron chi connectivity index (χ0n) is 16.9. The number of hydrogen-bond acceptors (Lipinski definition) is 9. The molecule has 4 heterocycles. The van der Waals surface area contributed by atoms with Crippen LogP contribution in [0, 0.1) is 5.92 Å². The molecule has 0 saturated carbocycles. The van der Waals surface area contributed by atoms with Crippen molar-refractivity contribution in [1.82, 2.24) is 19.5 Å². The Kier molecular flexibility index (Phi) is 6.05. The van der Waals surface area contributed by atoms with Gasteiger partial charge in [-0.3, -0.25) is 14.2 Å². The Bertz CT molecular complexity index is 1170. The average Bonchev–Trinajstić information content (AvgIpc) is 3.25. The van der Waals surface area contributed by atoms with Gasteiger partial charge in [-0.15, -0.1) is 11.3 Å². The summed E-state index contributed by atoms with van der Waals surface area (Å²) in [6.45, 7) is 4.16. The normalized spacial score (nSPS) is 14.0. The van der Waals surface area contributed by atoms with Crippen molar-refractivity contribution in [3.63, 3.8) is 0 Å². The molecule has 10 nitrogen and oxygen atoms in total. The number of carboxylic acids is 1. The number of nitrogens with zero attached hydrogens (tertiary/aromatic N) is 5. The maximum Gasteiger partial charge on any atom is 0.341 e. The Balaban J connectivity index is 1.58. The van der Waals surface area contributed by atoms with Gasteiger partial charge < -0.3 is 14.7 Å². The van der Waals surface area contributed by atoms with Crippen LogP contribution in [0.5, 0.6) is 0 Å². The number of thiazole rings is 1. The summed E-state index contributed by atoms with van der Waals surface area (Å²) in [4.78, 5) is 51.2. The average molecular weight is 443 g/mol. The van der Waals surface area contributed by atoms with Gasteiger partial charge >= 0.3 is 5.97 Å². The third kappa shape index (κ3) is 4.19. The van der Waals surface area contributed by atoms with Crippen molar-refractivity contribution in [2.45, 2.75) is 19.8 Å². The van der Waals surface area contributed by atoms with E-state index in [1.54, 1.807) is 11.6 Å². The largest absolute Gasteiger partial charge is 0.477 e. The number of aromatic carboxylic acids is 1. The molecule has 11 heteroatoms. The number of ether oxygens (including phenoxy) is 1. The van der Waals surface area contributed by atoms with E-state index in [-0.39, 0.29) is 28.3 Å². The molecule has 162 valence electrons. The number of fused-ring (bicyclic) bond motifs is 1. The van der Waals surface area contributed by atoms with E-state index in [1.807, 2.05) is 11.8 Å². The minimum atomic E-state index is -1.32. The van der Waals surface area contributed by atoms with Gasteiger partial charge in [0.2, 0.25) is 11.4 Å². The first-order valence-corrected chi connectivity index (χ1v) is 10.8. The number of carboxylic acid groups (broad SMARTS) is 1. The van der Waals surface area contributed by atoms with Crippen molar-refractivity contribution in [3.05, 3.63) is 39.8 Å². The highest BCUT2D eigenvalue weighted by Gasteiger charge is 2.34. The third-order valence-corrected chi connectivity index (χ3v) is 5.89. The Hall–Kier alpha value is -3.18. The van der Waals surface area contributed by atoms with Gasteiger partial charge in [-0.25, -0.2) is 14.8 Å². The highest BCUT2D eigenvalue weighted by atomic mass is 32.1. The lowest BCUT2D eigenvalue weighted by Crippen LogP contribution is -2.51. The minimum Gasteiger partial charge on any atom is -0.477 e. The van der Waals surface area contributed by atoms with Crippen LogP contribution in [0.1, 0.15) is 30.1 Å². The van der Waals surface area contributed by atoms with Crippen molar-refractivity contribution >= 4 is 40.1 Å². The number of Topliss-reactive ketones (excluding diaryl/α,β-unsaturated/α-hetero) is 1. The molecule has 1 aliphatic heterocycles. The molecule has 0 aromatic carbocycles. The van der Waals surface area contributed by atoms with Crippen LogP contribution in [-0.2, 0) is 9.53 Å². The number of anilines is 1. The van der Waals surface area contributed by atoms with Gasteiger partial charge in [0.1, 0.15) is 11.3 Å². The lowest BCUT2D eigenvalue weighted by molar-refractivity contribution is -0.123. The quantitative estimate of drug-likeness (QED) is 0.492. The number of carbonyl (C=O) groups excluding carboxylic acids is 1. The van der Waals surface area contributed by atoms with E-state index in [1.165, 1.54) is 28.3 Å². The van der Waals surface area contributed by atoms with Gasteiger partial charge in [0.15, 0.2) is 10.8 Å². The zero-order chi connectivity index (χ0) is 22.0. The Morgan fingerprint density at radius 2 is 2.13 bits per heavy atom. The monoisotopic (exact) mass is 443 g/mol. The van der Waals surface area contributed by atoms with Crippen LogP contribution in [0.3, 0.4) is 0 Å². The second kappa shape index (κ2) is 8.90. The van der Waals surface area contributed by atoms with Crippen LogP contribution in [0.15, 0.2) is 28.8 Å². The molecule has 4 rings (SSSR count). The molecule has 0 atom stereocenters. The Morgan fingerprint density at radius 1 is 1.32 bits per heavy atom. The number of carbonyl (C=O) groups is 2. The van der Waals surface area contributed by atoms with Gasteiger partial charge in [-0.05, 0) is 13.3 Å². The van der Waals surface area contributed by atoms with Gasteiger partial charge in [0.05, 0.1) is 11.3 Å². The molecule has 0 aliphatic carbocycles. The fraction of sp³-hybridized carbons (Fsp3) is 0.400. The van der Waals surface area contributed by atoms with Crippen molar-refractivity contribution < 1.29 is 19.4 Å². The summed E-state index contributed by atoms with van der Waals surface area (Å²) in [6.07, 6.45) is 5.36. The Morgan fingerprint density at radius 3 is 2.81 bits per heavy atom. The summed E-state index contributed by atoms with van der Waals surface area (Å²) < 4.78 is 6.76. The molecule has 3 aromatic heterocycles. The van der Waals surface area contributed by atoms with E-state index >= 15 is 0 Å². The van der Waals surface area contributed by atoms with E-state index in [0.29, 0.717) is 50.2 Å². The van der Waals surface area contributed by atoms with E-state index in [9.17, 15) is 19.5 Å². The highest BCUT2D eigenvalue weighted by molar-refractivity contribution is 7.12. The van der Waals surface area contributed by atoms with E-state index in [4.69, 9.17) is 4.74 Å². The lowest BCUT2D eigenvalue weighted by Gasteiger charge is -2.38. The molecule has 3 aromatic rings. The predicted octanol–water partition coefficient (Wildman–Crippen LogP) is 1.76. The van der Waals surface area contributed by atoms with Crippen LogP contribution in [0.4, 0.5) is 5.95 Å². The molecule has 1 aliphatic rings. The van der Waals surface area contributed by atoms with Crippen LogP contribution in [0.2, 0.25) is 0 Å². The molecule has 0 spiro atoms. The maximum atomic E-state index is 12.6. The van der Waals surface area contributed by atoms with Crippen LogP contribution in [0.25, 0.3) is 16.2 Å². The topological polar surface area (TPSA) is 128 Å². The third-order valence-electron chi connectivity index (χ3n) is 5.12. The van der Waals surface area contributed by atoms with Crippen LogP contribution in [-0.4, -0.2) is 62.7 Å². The number of hydrogen-bond donors (Lipinski definition) is 1. The number of ketones is 1. The molecule has 0 unspecified atom stereocenters. The standard InChI is InChI=1S/C20H21N5O5S/c1-2-30-6-3-4-15(26)12-9-24(10-12)19-22-8-13-16(27)14(18(28)29)11-25(17(13)23-19)20-21-5-7-31-20/h5,7-8,11-12H,2-4,6,9-10H2,1H3,(H,28,29). The molecule has 0 radical (unpaired) electrons. The van der Waals surface area contributed by atoms with E-state index < -0.39 is 11.4 Å². The molecule has 1 N–H and O–H groups in total. The molecular weight excluding hydrogens is 422 g/mol. The first kappa shape index (κ1) is 21.1. The number of pyridine rings is 1. The van der Waals surface area contributed by atoms with Crippen molar-refractivity contribution in [1.29, 1.82) is 0 Å². The second-order valence-corrected chi connectivity index (χ2v) is 8.01. The molecule has 1 fully saturated rings. The van der Waals surface area contributed by atoms with E-state index in [2.05, 4.69) is 15.0 Å². The minimum absolute atomic E-state index is 0.0727. The summed E-state index contributed by atoms with van der Waals surface area (Å²) in [7, 11) is 0. The van der Waals surface area contributed by atoms with Gasteiger partial charge in [0, 0.05) is 56.7 Å². The van der Waals surface area contributed by atoms with Crippen molar-refractivity contribution in [2.75, 3.05) is 31.2 Å². The molecule has 0 bridgehead atoms. The SMILES string of the molecule is CCOCCCC(=O)C1CN(c2ncc3c(=O)c(C(=O)O)cn(-c4nccs4)c3n2)C1. The molecular formula is C20H21N5O5S. The highest BCUT2D eigenvalue weighted by Crippen LogP contribution is 2.25. The number of rotatable bonds is 9. The summed E-state index contributed by atoms with van der Waals surface area (Å²) in [5, 5.41) is 11.7. The fourth-order valence-corrected chi connectivity index (χ4v) is 4.05. The maximum absolute atomic E-state index is 12.6. The zero-order valence-corrected chi connectivity index (χ0v) is 17.7. The van der Waals surface area contributed by atoms with E-state index in [0.717, 1.165) is 0 Å².